The minimum absolute atomic E-state index is 0.0176. The van der Waals surface area contributed by atoms with E-state index in [1.165, 1.54) is 4.90 Å². The molecule has 2 atom stereocenters. The number of amides is 1. The van der Waals surface area contributed by atoms with Gasteiger partial charge >= 0.3 is 5.97 Å². The van der Waals surface area contributed by atoms with Crippen molar-refractivity contribution in [1.82, 2.24) is 4.90 Å². The Morgan fingerprint density at radius 3 is 2.68 bits per heavy atom. The highest BCUT2D eigenvalue weighted by Crippen LogP contribution is 2.38. The third-order valence-electron chi connectivity index (χ3n) is 3.40. The number of para-hydroxylation sites is 1. The van der Waals surface area contributed by atoms with Crippen LogP contribution < -0.4 is 4.74 Å². The molecule has 2 unspecified atom stereocenters. The molecule has 0 bridgehead atoms. The van der Waals surface area contributed by atoms with Gasteiger partial charge < -0.3 is 14.7 Å². The van der Waals surface area contributed by atoms with Gasteiger partial charge in [0.2, 0.25) is 0 Å². The quantitative estimate of drug-likeness (QED) is 0.893. The Morgan fingerprint density at radius 2 is 2.05 bits per heavy atom. The molecule has 0 fully saturated rings. The molecule has 5 nitrogen and oxygen atoms in total. The zero-order valence-electron chi connectivity index (χ0n) is 11.0. The molecule has 1 aromatic rings. The van der Waals surface area contributed by atoms with Crippen LogP contribution >= 0.6 is 0 Å². The number of likely N-dealkylation sites (N-methyl/N-ethyl adjacent to an activating group) is 1. The van der Waals surface area contributed by atoms with Crippen LogP contribution in [0.5, 0.6) is 5.75 Å². The molecule has 0 saturated carbocycles. The van der Waals surface area contributed by atoms with Gasteiger partial charge in [0.05, 0.1) is 6.42 Å². The van der Waals surface area contributed by atoms with Crippen molar-refractivity contribution in [3.05, 3.63) is 29.8 Å². The van der Waals surface area contributed by atoms with Crippen LogP contribution in [-0.2, 0) is 9.59 Å². The lowest BCUT2D eigenvalue weighted by Gasteiger charge is -2.22. The van der Waals surface area contributed by atoms with E-state index in [0.717, 1.165) is 11.3 Å². The number of fused-ring (bicyclic) bond motifs is 1. The summed E-state index contributed by atoms with van der Waals surface area (Å²) in [6.07, 6.45) is -0.618. The molecule has 0 aliphatic carbocycles. The molecule has 1 amide bonds. The molecule has 0 radical (unpaired) electrons. The Hall–Kier alpha value is -2.04. The van der Waals surface area contributed by atoms with Gasteiger partial charge in [0, 0.05) is 25.1 Å². The van der Waals surface area contributed by atoms with Crippen molar-refractivity contribution < 1.29 is 19.4 Å². The van der Waals surface area contributed by atoms with Crippen molar-refractivity contribution in [2.75, 3.05) is 13.6 Å². The first-order chi connectivity index (χ1) is 9.00. The summed E-state index contributed by atoms with van der Waals surface area (Å²) in [7, 11) is 1.60. The largest absolute Gasteiger partial charge is 0.481 e. The number of carboxylic acid groups (broad SMARTS) is 1. The van der Waals surface area contributed by atoms with Crippen molar-refractivity contribution in [3.63, 3.8) is 0 Å². The van der Waals surface area contributed by atoms with Crippen LogP contribution in [0.15, 0.2) is 24.3 Å². The van der Waals surface area contributed by atoms with E-state index < -0.39 is 12.1 Å². The normalized spacial score (nSPS) is 20.5. The molecule has 1 N–H and O–H groups in total. The monoisotopic (exact) mass is 263 g/mol. The van der Waals surface area contributed by atoms with E-state index >= 15 is 0 Å². The molecule has 0 aromatic heterocycles. The number of hydrogen-bond acceptors (Lipinski definition) is 3. The van der Waals surface area contributed by atoms with Crippen LogP contribution in [0.2, 0.25) is 0 Å². The van der Waals surface area contributed by atoms with Gasteiger partial charge in [-0.2, -0.15) is 0 Å². The number of benzene rings is 1. The number of carbonyl (C=O) groups is 2. The van der Waals surface area contributed by atoms with E-state index in [0.29, 0.717) is 0 Å². The second-order valence-electron chi connectivity index (χ2n) is 4.77. The molecule has 0 spiro atoms. The first-order valence-electron chi connectivity index (χ1n) is 6.23. The maximum absolute atomic E-state index is 12.2. The summed E-state index contributed by atoms with van der Waals surface area (Å²) < 4.78 is 5.67. The Labute approximate surface area is 111 Å². The van der Waals surface area contributed by atoms with Crippen molar-refractivity contribution in [2.24, 2.45) is 0 Å². The van der Waals surface area contributed by atoms with E-state index in [1.54, 1.807) is 7.05 Å². The fourth-order valence-corrected chi connectivity index (χ4v) is 2.22. The van der Waals surface area contributed by atoms with Gasteiger partial charge in [-0.1, -0.05) is 25.1 Å². The number of ether oxygens (including phenoxy) is 1. The molecule has 1 aromatic carbocycles. The topological polar surface area (TPSA) is 66.8 Å². The second kappa shape index (κ2) is 5.30. The van der Waals surface area contributed by atoms with E-state index in [-0.39, 0.29) is 24.8 Å². The zero-order chi connectivity index (χ0) is 14.0. The Kier molecular flexibility index (Phi) is 3.74. The molecular weight excluding hydrogens is 246 g/mol. The van der Waals surface area contributed by atoms with Gasteiger partial charge in [-0.3, -0.25) is 9.59 Å². The van der Waals surface area contributed by atoms with Gasteiger partial charge in [-0.25, -0.2) is 0 Å². The smallest absolute Gasteiger partial charge is 0.305 e. The average molecular weight is 263 g/mol. The van der Waals surface area contributed by atoms with Gasteiger partial charge in [-0.05, 0) is 6.07 Å². The summed E-state index contributed by atoms with van der Waals surface area (Å²) >= 11 is 0. The third kappa shape index (κ3) is 2.70. The van der Waals surface area contributed by atoms with E-state index in [2.05, 4.69) is 0 Å². The van der Waals surface area contributed by atoms with Gasteiger partial charge in [0.15, 0.2) is 6.10 Å². The minimum Gasteiger partial charge on any atom is -0.481 e. The molecule has 0 saturated heterocycles. The number of nitrogens with zero attached hydrogens (tertiary/aromatic N) is 1. The first kappa shape index (κ1) is 13.4. The molecular formula is C14H17NO4. The van der Waals surface area contributed by atoms with Gasteiger partial charge in [0.25, 0.3) is 5.91 Å². The van der Waals surface area contributed by atoms with Crippen LogP contribution in [0, 0.1) is 0 Å². The standard InChI is InChI=1S/C14H17NO4/c1-9-10-5-3-4-6-11(10)19-13(9)14(18)15(2)8-7-12(16)17/h3-6,9,13H,7-8H2,1-2H3,(H,16,17). The SMILES string of the molecule is CC1c2ccccc2OC1C(=O)N(C)CCC(=O)O. The maximum Gasteiger partial charge on any atom is 0.305 e. The lowest BCUT2D eigenvalue weighted by atomic mass is 9.97. The van der Waals surface area contributed by atoms with Gasteiger partial charge in [-0.15, -0.1) is 0 Å². The predicted molar refractivity (Wildman–Crippen MR) is 69.2 cm³/mol. The lowest BCUT2D eigenvalue weighted by Crippen LogP contribution is -2.41. The number of rotatable bonds is 4. The van der Waals surface area contributed by atoms with Crippen molar-refractivity contribution in [3.8, 4) is 5.75 Å². The van der Waals surface area contributed by atoms with Crippen LogP contribution in [0.3, 0.4) is 0 Å². The van der Waals surface area contributed by atoms with E-state index in [4.69, 9.17) is 9.84 Å². The minimum atomic E-state index is -0.914. The molecule has 102 valence electrons. The van der Waals surface area contributed by atoms with Gasteiger partial charge in [0.1, 0.15) is 5.75 Å². The summed E-state index contributed by atoms with van der Waals surface area (Å²) in [6.45, 7) is 2.14. The molecule has 5 heteroatoms. The summed E-state index contributed by atoms with van der Waals surface area (Å²) in [6, 6.07) is 7.58. The fourth-order valence-electron chi connectivity index (χ4n) is 2.22. The summed E-state index contributed by atoms with van der Waals surface area (Å²) in [5, 5.41) is 8.63. The van der Waals surface area contributed by atoms with Crippen LogP contribution in [0.25, 0.3) is 0 Å². The number of carbonyl (C=O) groups excluding carboxylic acids is 1. The first-order valence-corrected chi connectivity index (χ1v) is 6.23. The fraction of sp³-hybridized carbons (Fsp3) is 0.429. The highest BCUT2D eigenvalue weighted by atomic mass is 16.5. The lowest BCUT2D eigenvalue weighted by molar-refractivity contribution is -0.140. The summed E-state index contributed by atoms with van der Waals surface area (Å²) in [5.74, 6) is -0.371. The second-order valence-corrected chi connectivity index (χ2v) is 4.77. The van der Waals surface area contributed by atoms with E-state index in [1.807, 2.05) is 31.2 Å². The highest BCUT2D eigenvalue weighted by molar-refractivity contribution is 5.83. The zero-order valence-corrected chi connectivity index (χ0v) is 11.0. The van der Waals surface area contributed by atoms with E-state index in [9.17, 15) is 9.59 Å². The van der Waals surface area contributed by atoms with Crippen molar-refractivity contribution in [1.29, 1.82) is 0 Å². The van der Waals surface area contributed by atoms with Crippen LogP contribution in [0.1, 0.15) is 24.8 Å². The number of aliphatic carboxylic acids is 1. The Morgan fingerprint density at radius 1 is 1.37 bits per heavy atom. The highest BCUT2D eigenvalue weighted by Gasteiger charge is 2.37. The van der Waals surface area contributed by atoms with Crippen LogP contribution in [0.4, 0.5) is 0 Å². The molecule has 1 heterocycles. The Bertz CT molecular complexity index is 500. The molecule has 1 aliphatic heterocycles. The maximum atomic E-state index is 12.2. The van der Waals surface area contributed by atoms with Crippen LogP contribution in [-0.4, -0.2) is 41.6 Å². The number of hydrogen-bond donors (Lipinski definition) is 1. The summed E-state index contributed by atoms with van der Waals surface area (Å²) in [4.78, 5) is 24.2. The molecule has 19 heavy (non-hydrogen) atoms. The third-order valence-corrected chi connectivity index (χ3v) is 3.40. The predicted octanol–water partition coefficient (Wildman–Crippen LogP) is 1.48. The van der Waals surface area contributed by atoms with Crippen molar-refractivity contribution >= 4 is 11.9 Å². The average Bonchev–Trinajstić information content (AvgIpc) is 2.73. The molecule has 2 rings (SSSR count). The summed E-state index contributed by atoms with van der Waals surface area (Å²) in [5.41, 5.74) is 1.02. The van der Waals surface area contributed by atoms with Crippen molar-refractivity contribution in [2.45, 2.75) is 25.4 Å². The number of carboxylic acids is 1. The Balaban J connectivity index is 2.04. The molecule has 1 aliphatic rings.